The first-order chi connectivity index (χ1) is 9.81. The van der Waals surface area contributed by atoms with Gasteiger partial charge in [0.25, 0.3) is 0 Å². The van der Waals surface area contributed by atoms with Gasteiger partial charge in [0.15, 0.2) is 0 Å². The number of nitrogens with zero attached hydrogens (tertiary/aromatic N) is 2. The van der Waals surface area contributed by atoms with Crippen LogP contribution in [0.2, 0.25) is 0 Å². The molecule has 1 aliphatic carbocycles. The first kappa shape index (κ1) is 14.8. The highest BCUT2D eigenvalue weighted by Gasteiger charge is 2.36. The van der Waals surface area contributed by atoms with Crippen LogP contribution >= 0.6 is 0 Å². The number of nitrogens with one attached hydrogen (secondary N) is 1. The Morgan fingerprint density at radius 3 is 2.45 bits per heavy atom. The molecule has 1 atom stereocenters. The average Bonchev–Trinajstić information content (AvgIpc) is 3.10. The summed E-state index contributed by atoms with van der Waals surface area (Å²) in [5, 5.41) is 3.48. The van der Waals surface area contributed by atoms with E-state index in [1.54, 1.807) is 0 Å². The summed E-state index contributed by atoms with van der Waals surface area (Å²) in [6.07, 6.45) is 11.5. The monoisotopic (exact) mass is 279 g/mol. The van der Waals surface area contributed by atoms with Gasteiger partial charge in [-0.1, -0.05) is 19.3 Å². The van der Waals surface area contributed by atoms with E-state index in [2.05, 4.69) is 22.2 Å². The minimum Gasteiger partial charge on any atom is -0.319 e. The topological polar surface area (TPSA) is 18.5 Å². The van der Waals surface area contributed by atoms with Crippen LogP contribution in [0.15, 0.2) is 0 Å². The molecule has 1 N–H and O–H groups in total. The highest BCUT2D eigenvalue weighted by Crippen LogP contribution is 2.37. The fraction of sp³-hybridized carbons (Fsp3) is 1.00. The van der Waals surface area contributed by atoms with Crippen LogP contribution in [-0.2, 0) is 0 Å². The second-order valence-electron chi connectivity index (χ2n) is 7.51. The van der Waals surface area contributed by atoms with Crippen molar-refractivity contribution in [3.05, 3.63) is 0 Å². The van der Waals surface area contributed by atoms with Crippen molar-refractivity contribution in [3.63, 3.8) is 0 Å². The Labute approximate surface area is 125 Å². The molecular weight excluding hydrogens is 246 g/mol. The molecular formula is C17H33N3. The molecule has 2 saturated heterocycles. The fourth-order valence-corrected chi connectivity index (χ4v) is 4.90. The molecule has 2 heterocycles. The Morgan fingerprint density at radius 1 is 1.00 bits per heavy atom. The number of hydrogen-bond acceptors (Lipinski definition) is 3. The molecule has 0 bridgehead atoms. The Balaban J connectivity index is 1.53. The second kappa shape index (κ2) is 6.76. The molecule has 116 valence electrons. The predicted molar refractivity (Wildman–Crippen MR) is 85.1 cm³/mol. The van der Waals surface area contributed by atoms with Crippen molar-refractivity contribution in [2.45, 2.75) is 57.4 Å². The summed E-state index contributed by atoms with van der Waals surface area (Å²) in [4.78, 5) is 5.54. The third-order valence-corrected chi connectivity index (χ3v) is 5.93. The van der Waals surface area contributed by atoms with Crippen LogP contribution in [0.3, 0.4) is 0 Å². The van der Waals surface area contributed by atoms with Crippen LogP contribution in [0, 0.1) is 5.41 Å². The van der Waals surface area contributed by atoms with Gasteiger partial charge in [0.05, 0.1) is 0 Å². The van der Waals surface area contributed by atoms with Crippen LogP contribution in [-0.4, -0.2) is 62.2 Å². The average molecular weight is 279 g/mol. The van der Waals surface area contributed by atoms with Gasteiger partial charge < -0.3 is 10.2 Å². The summed E-state index contributed by atoms with van der Waals surface area (Å²) in [6.45, 7) is 7.97. The van der Waals surface area contributed by atoms with Crippen molar-refractivity contribution in [3.8, 4) is 0 Å². The third kappa shape index (κ3) is 3.37. The van der Waals surface area contributed by atoms with E-state index in [4.69, 9.17) is 0 Å². The van der Waals surface area contributed by atoms with E-state index < -0.39 is 0 Å². The summed E-state index contributed by atoms with van der Waals surface area (Å²) in [6, 6.07) is 0.868. The normalized spacial score (nSPS) is 31.9. The largest absolute Gasteiger partial charge is 0.319 e. The molecule has 3 nitrogen and oxygen atoms in total. The number of likely N-dealkylation sites (tertiary alicyclic amines) is 2. The van der Waals surface area contributed by atoms with Gasteiger partial charge in [0.1, 0.15) is 0 Å². The van der Waals surface area contributed by atoms with E-state index in [0.29, 0.717) is 5.41 Å². The number of hydrogen-bond donors (Lipinski definition) is 1. The Kier molecular flexibility index (Phi) is 5.00. The van der Waals surface area contributed by atoms with Crippen LogP contribution in [0.5, 0.6) is 0 Å². The minimum atomic E-state index is 0.576. The Hall–Kier alpha value is -0.120. The summed E-state index contributed by atoms with van der Waals surface area (Å²) in [5.41, 5.74) is 0.576. The molecule has 0 aromatic rings. The van der Waals surface area contributed by atoms with Crippen molar-refractivity contribution in [2.75, 3.05) is 46.3 Å². The van der Waals surface area contributed by atoms with E-state index in [0.717, 1.165) is 6.04 Å². The lowest BCUT2D eigenvalue weighted by Crippen LogP contribution is -2.45. The second-order valence-corrected chi connectivity index (χ2v) is 7.51. The highest BCUT2D eigenvalue weighted by molar-refractivity contribution is 4.92. The molecule has 0 aromatic carbocycles. The van der Waals surface area contributed by atoms with Gasteiger partial charge in [-0.05, 0) is 64.2 Å². The maximum Gasteiger partial charge on any atom is 0.0235 e. The summed E-state index contributed by atoms with van der Waals surface area (Å²) in [7, 11) is 2.13. The van der Waals surface area contributed by atoms with E-state index in [9.17, 15) is 0 Å². The predicted octanol–water partition coefficient (Wildman–Crippen LogP) is 2.33. The maximum absolute atomic E-state index is 3.48. The Bertz CT molecular complexity index is 287. The number of rotatable bonds is 5. The van der Waals surface area contributed by atoms with Gasteiger partial charge in [-0.2, -0.15) is 0 Å². The van der Waals surface area contributed by atoms with Crippen molar-refractivity contribution < 1.29 is 0 Å². The van der Waals surface area contributed by atoms with E-state index in [1.807, 2.05) is 0 Å². The van der Waals surface area contributed by atoms with Crippen LogP contribution in [0.4, 0.5) is 0 Å². The van der Waals surface area contributed by atoms with Crippen molar-refractivity contribution in [2.24, 2.45) is 5.41 Å². The summed E-state index contributed by atoms with van der Waals surface area (Å²) < 4.78 is 0. The summed E-state index contributed by atoms with van der Waals surface area (Å²) >= 11 is 0. The van der Waals surface area contributed by atoms with Gasteiger partial charge in [-0.3, -0.25) is 4.90 Å². The first-order valence-electron chi connectivity index (χ1n) is 8.92. The molecule has 3 heteroatoms. The molecule has 3 aliphatic rings. The molecule has 0 aromatic heterocycles. The smallest absolute Gasteiger partial charge is 0.0235 e. The fourth-order valence-electron chi connectivity index (χ4n) is 4.90. The molecule has 3 fully saturated rings. The zero-order valence-electron chi connectivity index (χ0n) is 13.4. The zero-order valence-corrected chi connectivity index (χ0v) is 13.4. The van der Waals surface area contributed by atoms with Crippen molar-refractivity contribution in [1.29, 1.82) is 0 Å². The molecule has 1 unspecified atom stereocenters. The quantitative estimate of drug-likeness (QED) is 0.833. The van der Waals surface area contributed by atoms with E-state index >= 15 is 0 Å². The third-order valence-electron chi connectivity index (χ3n) is 5.93. The summed E-state index contributed by atoms with van der Waals surface area (Å²) in [5.74, 6) is 0. The van der Waals surface area contributed by atoms with E-state index in [1.165, 1.54) is 90.6 Å². The highest BCUT2D eigenvalue weighted by atomic mass is 15.3. The van der Waals surface area contributed by atoms with Gasteiger partial charge in [-0.25, -0.2) is 0 Å². The van der Waals surface area contributed by atoms with Gasteiger partial charge in [0.2, 0.25) is 0 Å². The van der Waals surface area contributed by atoms with Gasteiger partial charge in [-0.15, -0.1) is 0 Å². The standard InChI is InChI=1S/C17H33N3/c1-18-14-17(8-3-2-4-9-17)15-19-12-7-16(13-19)20-10-5-6-11-20/h16,18H,2-15H2,1H3. The molecule has 0 radical (unpaired) electrons. The molecule has 1 saturated carbocycles. The molecule has 20 heavy (non-hydrogen) atoms. The lowest BCUT2D eigenvalue weighted by molar-refractivity contribution is 0.113. The maximum atomic E-state index is 3.48. The van der Waals surface area contributed by atoms with Gasteiger partial charge in [0, 0.05) is 25.7 Å². The molecule has 2 aliphatic heterocycles. The minimum absolute atomic E-state index is 0.576. The zero-order chi connectivity index (χ0) is 13.8. The van der Waals surface area contributed by atoms with E-state index in [-0.39, 0.29) is 0 Å². The van der Waals surface area contributed by atoms with Gasteiger partial charge >= 0.3 is 0 Å². The van der Waals surface area contributed by atoms with Crippen molar-refractivity contribution >= 4 is 0 Å². The van der Waals surface area contributed by atoms with Crippen molar-refractivity contribution in [1.82, 2.24) is 15.1 Å². The van der Waals surface area contributed by atoms with Crippen LogP contribution < -0.4 is 5.32 Å². The Morgan fingerprint density at radius 2 is 1.75 bits per heavy atom. The lowest BCUT2D eigenvalue weighted by atomic mass is 9.73. The molecule has 0 spiro atoms. The first-order valence-corrected chi connectivity index (χ1v) is 8.92. The molecule has 3 rings (SSSR count). The van der Waals surface area contributed by atoms with Crippen LogP contribution in [0.25, 0.3) is 0 Å². The van der Waals surface area contributed by atoms with Crippen LogP contribution in [0.1, 0.15) is 51.4 Å². The SMILES string of the molecule is CNCC1(CN2CCC(N3CCCC3)C2)CCCCC1. The lowest BCUT2D eigenvalue weighted by Gasteiger charge is -2.40. The molecule has 0 amide bonds.